The number of amides is 1. The Labute approximate surface area is 146 Å². The van der Waals surface area contributed by atoms with Crippen molar-refractivity contribution < 1.29 is 27.1 Å². The van der Waals surface area contributed by atoms with Crippen LogP contribution in [-0.2, 0) is 4.74 Å². The predicted molar refractivity (Wildman–Crippen MR) is 85.7 cm³/mol. The second-order valence-corrected chi connectivity index (χ2v) is 5.72. The number of nitrogens with zero attached hydrogens (tertiary/aromatic N) is 2. The number of halogens is 3. The number of rotatable bonds is 3. The Morgan fingerprint density at radius 3 is 2.88 bits per heavy atom. The zero-order valence-corrected chi connectivity index (χ0v) is 13.6. The molecule has 0 aliphatic carbocycles. The summed E-state index contributed by atoms with van der Waals surface area (Å²) < 4.78 is 52.4. The third-order valence-electron chi connectivity index (χ3n) is 3.64. The van der Waals surface area contributed by atoms with Gasteiger partial charge in [-0.3, -0.25) is 9.79 Å². The van der Waals surface area contributed by atoms with Gasteiger partial charge in [0.25, 0.3) is 11.8 Å². The summed E-state index contributed by atoms with van der Waals surface area (Å²) in [5.74, 6) is -4.87. The Bertz CT molecular complexity index is 866. The number of ether oxygens (including phenoxy) is 1. The number of aliphatic imine (C=N–C) groups is 1. The fraction of sp³-hybridized carbons (Fsp3) is 0.312. The molecule has 2 heterocycles. The fourth-order valence-corrected chi connectivity index (χ4v) is 2.46. The van der Waals surface area contributed by atoms with Crippen LogP contribution in [-0.4, -0.2) is 35.9 Å². The number of aromatic nitrogens is 1. The molecule has 1 amide bonds. The lowest BCUT2D eigenvalue weighted by molar-refractivity contribution is -0.0831. The van der Waals surface area contributed by atoms with E-state index in [4.69, 9.17) is 14.9 Å². The van der Waals surface area contributed by atoms with Gasteiger partial charge in [0.15, 0.2) is 11.6 Å². The van der Waals surface area contributed by atoms with Gasteiger partial charge in [-0.05, 0) is 18.2 Å². The van der Waals surface area contributed by atoms with Crippen LogP contribution < -0.4 is 11.1 Å². The minimum Gasteiger partial charge on any atom is -0.448 e. The Balaban J connectivity index is 1.92. The molecule has 1 aliphatic heterocycles. The van der Waals surface area contributed by atoms with Crippen molar-refractivity contribution in [1.29, 1.82) is 0 Å². The van der Waals surface area contributed by atoms with E-state index < -0.39 is 35.9 Å². The first-order valence-corrected chi connectivity index (χ1v) is 7.57. The highest BCUT2D eigenvalue weighted by Crippen LogP contribution is 2.38. The Morgan fingerprint density at radius 2 is 2.19 bits per heavy atom. The summed E-state index contributed by atoms with van der Waals surface area (Å²) in [6, 6.07) is 1.42. The molecule has 1 aromatic heterocycles. The number of alkyl halides is 2. The zero-order valence-electron chi connectivity index (χ0n) is 13.6. The van der Waals surface area contributed by atoms with Gasteiger partial charge in [0.05, 0.1) is 0 Å². The van der Waals surface area contributed by atoms with Crippen molar-refractivity contribution in [3.05, 3.63) is 47.4 Å². The molecular formula is C16H15F3N4O3. The molecule has 0 bridgehead atoms. The number of amidine groups is 1. The van der Waals surface area contributed by atoms with Crippen LogP contribution in [0, 0.1) is 12.7 Å². The average molecular weight is 368 g/mol. The van der Waals surface area contributed by atoms with Gasteiger partial charge in [0.1, 0.15) is 37.2 Å². The van der Waals surface area contributed by atoms with Gasteiger partial charge in [-0.2, -0.15) is 0 Å². The molecule has 1 aromatic carbocycles. The molecule has 3 N–H and O–H groups in total. The number of carbonyl (C=O) groups is 1. The molecule has 3 rings (SSSR count). The van der Waals surface area contributed by atoms with Crippen LogP contribution >= 0.6 is 0 Å². The lowest BCUT2D eigenvalue weighted by Crippen LogP contribution is -2.30. The van der Waals surface area contributed by atoms with Crippen molar-refractivity contribution in [3.8, 4) is 0 Å². The predicted octanol–water partition coefficient (Wildman–Crippen LogP) is 2.44. The molecule has 10 heteroatoms. The summed E-state index contributed by atoms with van der Waals surface area (Å²) in [5, 5.41) is 2.45. The third-order valence-corrected chi connectivity index (χ3v) is 3.64. The number of benzene rings is 1. The van der Waals surface area contributed by atoms with Crippen molar-refractivity contribution in [2.75, 3.05) is 18.5 Å². The van der Waals surface area contributed by atoms with Crippen LogP contribution in [0.15, 0.2) is 33.9 Å². The van der Waals surface area contributed by atoms with E-state index in [9.17, 15) is 18.0 Å². The first kappa shape index (κ1) is 17.9. The number of hydrogen-bond donors (Lipinski definition) is 2. The highest BCUT2D eigenvalue weighted by atomic mass is 19.3. The molecule has 138 valence electrons. The van der Waals surface area contributed by atoms with Crippen LogP contribution in [0.4, 0.5) is 18.9 Å². The molecule has 0 saturated heterocycles. The monoisotopic (exact) mass is 368 g/mol. The molecule has 0 spiro atoms. The van der Waals surface area contributed by atoms with Gasteiger partial charge in [-0.15, -0.1) is 0 Å². The number of carbonyl (C=O) groups excluding carboxylic acids is 1. The summed E-state index contributed by atoms with van der Waals surface area (Å²) in [6.07, 6.45) is 1.15. The molecule has 7 nitrogen and oxygen atoms in total. The van der Waals surface area contributed by atoms with E-state index in [1.54, 1.807) is 6.92 Å². The Kier molecular flexibility index (Phi) is 4.68. The minimum absolute atomic E-state index is 0.00355. The smallest absolute Gasteiger partial charge is 0.297 e. The second-order valence-electron chi connectivity index (χ2n) is 5.72. The van der Waals surface area contributed by atoms with Crippen molar-refractivity contribution in [3.63, 3.8) is 0 Å². The second kappa shape index (κ2) is 6.79. The molecule has 1 unspecified atom stereocenters. The molecule has 0 saturated carbocycles. The van der Waals surface area contributed by atoms with Crippen molar-refractivity contribution in [2.24, 2.45) is 10.7 Å². The number of aryl methyl sites for hydroxylation is 1. The maximum absolute atomic E-state index is 14.3. The molecule has 1 aliphatic rings. The van der Waals surface area contributed by atoms with Crippen LogP contribution in [0.1, 0.15) is 28.0 Å². The number of nitrogens with two attached hydrogens (primary N) is 1. The average Bonchev–Trinajstić information content (AvgIpc) is 2.95. The van der Waals surface area contributed by atoms with Crippen molar-refractivity contribution in [2.45, 2.75) is 18.9 Å². The zero-order chi connectivity index (χ0) is 18.9. The largest absolute Gasteiger partial charge is 0.448 e. The molecule has 1 atom stereocenters. The Morgan fingerprint density at radius 1 is 1.42 bits per heavy atom. The van der Waals surface area contributed by atoms with Crippen molar-refractivity contribution >= 4 is 17.4 Å². The molecule has 26 heavy (non-hydrogen) atoms. The molecule has 0 radical (unpaired) electrons. The number of hydrogen-bond acceptors (Lipinski definition) is 6. The van der Waals surface area contributed by atoms with Crippen molar-refractivity contribution in [1.82, 2.24) is 4.98 Å². The minimum atomic E-state index is -3.46. The van der Waals surface area contributed by atoms with Gasteiger partial charge in [-0.25, -0.2) is 18.2 Å². The first-order valence-electron chi connectivity index (χ1n) is 7.57. The summed E-state index contributed by atoms with van der Waals surface area (Å²) >= 11 is 0. The summed E-state index contributed by atoms with van der Waals surface area (Å²) in [6.45, 7) is 0.344. The van der Waals surface area contributed by atoms with Gasteiger partial charge in [0.2, 0.25) is 0 Å². The lowest BCUT2D eigenvalue weighted by atomic mass is 10.00. The van der Waals surface area contributed by atoms with E-state index in [2.05, 4.69) is 15.3 Å². The summed E-state index contributed by atoms with van der Waals surface area (Å²) in [5.41, 5.74) is 5.21. The Hall–Kier alpha value is -2.88. The van der Waals surface area contributed by atoms with Gasteiger partial charge in [0, 0.05) is 18.2 Å². The normalized spacial score (nSPS) is 19.5. The van der Waals surface area contributed by atoms with Gasteiger partial charge < -0.3 is 20.2 Å². The molecular weight excluding hydrogens is 353 g/mol. The summed E-state index contributed by atoms with van der Waals surface area (Å²) in [4.78, 5) is 19.6. The third kappa shape index (κ3) is 3.69. The van der Waals surface area contributed by atoms with Crippen LogP contribution in [0.3, 0.4) is 0 Å². The van der Waals surface area contributed by atoms with Gasteiger partial charge >= 0.3 is 0 Å². The van der Waals surface area contributed by atoms with E-state index in [1.807, 2.05) is 0 Å². The van der Waals surface area contributed by atoms with Gasteiger partial charge in [-0.1, -0.05) is 0 Å². The number of oxazole rings is 1. The highest BCUT2D eigenvalue weighted by molar-refractivity contribution is 6.02. The molecule has 2 aromatic rings. The maximum Gasteiger partial charge on any atom is 0.297 e. The molecule has 0 fully saturated rings. The van der Waals surface area contributed by atoms with Crippen LogP contribution in [0.25, 0.3) is 0 Å². The van der Waals surface area contributed by atoms with Crippen LogP contribution in [0.2, 0.25) is 0 Å². The highest BCUT2D eigenvalue weighted by Gasteiger charge is 2.44. The fourth-order valence-electron chi connectivity index (χ4n) is 2.46. The van der Waals surface area contributed by atoms with E-state index >= 15 is 0 Å². The number of nitrogens with one attached hydrogen (secondary N) is 1. The first-order chi connectivity index (χ1) is 12.3. The van der Waals surface area contributed by atoms with E-state index in [0.717, 1.165) is 18.4 Å². The topological polar surface area (TPSA) is 103 Å². The quantitative estimate of drug-likeness (QED) is 0.866. The maximum atomic E-state index is 14.3. The lowest BCUT2D eigenvalue weighted by Gasteiger charge is -2.22. The van der Waals surface area contributed by atoms with E-state index in [-0.39, 0.29) is 29.7 Å². The SMILES string of the molecule is Cc1nc(C(=O)Nc2ccc(F)c(C3N=C(N)COCC3(F)F)c2)co1. The van der Waals surface area contributed by atoms with E-state index in [1.165, 1.54) is 6.07 Å². The van der Waals surface area contributed by atoms with E-state index in [0.29, 0.717) is 0 Å². The summed E-state index contributed by atoms with van der Waals surface area (Å²) in [7, 11) is 0. The standard InChI is InChI=1S/C16H15F3N4O3/c1-8-21-12(5-26-8)15(24)22-9-2-3-11(17)10(4-9)14-16(18,19)7-25-6-13(20)23-14/h2-5,14H,6-7H2,1H3,(H2,20,23)(H,22,24). The van der Waals surface area contributed by atoms with Crippen LogP contribution in [0.5, 0.6) is 0 Å². The number of anilines is 1.